The molecule has 24 heavy (non-hydrogen) atoms. The molecule has 2 aromatic rings. The summed E-state index contributed by atoms with van der Waals surface area (Å²) < 4.78 is 10.5. The highest BCUT2D eigenvalue weighted by Crippen LogP contribution is 2.29. The van der Waals surface area contributed by atoms with Crippen LogP contribution in [-0.4, -0.2) is 31.9 Å². The third kappa shape index (κ3) is 3.51. The smallest absolute Gasteiger partial charge is 0.264 e. The van der Waals surface area contributed by atoms with E-state index in [1.54, 1.807) is 31.6 Å². The summed E-state index contributed by atoms with van der Waals surface area (Å²) >= 11 is 1.60. The highest BCUT2D eigenvalue weighted by atomic mass is 32.1. The van der Waals surface area contributed by atoms with Gasteiger partial charge in [-0.25, -0.2) is 0 Å². The summed E-state index contributed by atoms with van der Waals surface area (Å²) in [4.78, 5) is 18.6. The summed E-state index contributed by atoms with van der Waals surface area (Å²) in [5, 5.41) is 8.89. The van der Waals surface area contributed by atoms with Crippen LogP contribution in [0.5, 0.6) is 11.5 Å². The lowest BCUT2D eigenvalue weighted by atomic mass is 10.0. The number of rotatable bonds is 6. The SMILES string of the molecule is COc1ccc(C2=NO[C@H](C(=O)NCc3cccs3)C2)cc1OC. The second-order valence-corrected chi connectivity index (χ2v) is 6.24. The Morgan fingerprint density at radius 3 is 2.88 bits per heavy atom. The zero-order chi connectivity index (χ0) is 16.9. The number of methoxy groups -OCH3 is 2. The molecule has 1 aromatic carbocycles. The van der Waals surface area contributed by atoms with Crippen molar-refractivity contribution in [2.24, 2.45) is 5.16 Å². The Morgan fingerprint density at radius 2 is 2.17 bits per heavy atom. The van der Waals surface area contributed by atoms with Crippen molar-refractivity contribution in [3.05, 3.63) is 46.2 Å². The van der Waals surface area contributed by atoms with Crippen molar-refractivity contribution < 1.29 is 19.1 Å². The first-order chi connectivity index (χ1) is 11.7. The normalized spacial score (nSPS) is 16.2. The van der Waals surface area contributed by atoms with E-state index >= 15 is 0 Å². The zero-order valence-corrected chi connectivity index (χ0v) is 14.3. The van der Waals surface area contributed by atoms with Gasteiger partial charge in [-0.1, -0.05) is 11.2 Å². The average molecular weight is 346 g/mol. The quantitative estimate of drug-likeness (QED) is 0.873. The lowest BCUT2D eigenvalue weighted by Crippen LogP contribution is -2.34. The Morgan fingerprint density at radius 1 is 1.33 bits per heavy atom. The van der Waals surface area contributed by atoms with Gasteiger partial charge in [0.15, 0.2) is 11.5 Å². The van der Waals surface area contributed by atoms with Crippen molar-refractivity contribution >= 4 is 23.0 Å². The third-order valence-corrected chi connectivity index (χ3v) is 4.57. The lowest BCUT2D eigenvalue weighted by Gasteiger charge is -2.10. The maximum absolute atomic E-state index is 12.2. The molecule has 1 aliphatic rings. The standard InChI is InChI=1S/C17H18N2O4S/c1-21-14-6-5-11(8-15(14)22-2)13-9-16(23-19-13)17(20)18-10-12-4-3-7-24-12/h3-8,16H,9-10H2,1-2H3,(H,18,20)/t16-/m0/s1. The molecule has 0 fully saturated rings. The monoisotopic (exact) mass is 346 g/mol. The van der Waals surface area contributed by atoms with Gasteiger partial charge in [-0.15, -0.1) is 11.3 Å². The molecule has 1 atom stereocenters. The first-order valence-electron chi connectivity index (χ1n) is 7.46. The summed E-state index contributed by atoms with van der Waals surface area (Å²) in [6.45, 7) is 0.502. The van der Waals surface area contributed by atoms with E-state index in [1.165, 1.54) is 0 Å². The number of carbonyl (C=O) groups excluding carboxylic acids is 1. The van der Waals surface area contributed by atoms with Crippen LogP contribution in [0.1, 0.15) is 16.9 Å². The maximum atomic E-state index is 12.2. The molecule has 1 aromatic heterocycles. The summed E-state index contributed by atoms with van der Waals surface area (Å²) in [5.74, 6) is 1.09. The van der Waals surface area contributed by atoms with E-state index in [0.29, 0.717) is 30.2 Å². The van der Waals surface area contributed by atoms with E-state index in [2.05, 4.69) is 10.5 Å². The van der Waals surface area contributed by atoms with Crippen molar-refractivity contribution in [1.29, 1.82) is 0 Å². The van der Waals surface area contributed by atoms with Gasteiger partial charge in [-0.05, 0) is 29.6 Å². The van der Waals surface area contributed by atoms with Crippen molar-refractivity contribution in [2.75, 3.05) is 14.2 Å². The van der Waals surface area contributed by atoms with E-state index in [4.69, 9.17) is 14.3 Å². The number of nitrogens with zero attached hydrogens (tertiary/aromatic N) is 1. The van der Waals surface area contributed by atoms with Gasteiger partial charge in [-0.3, -0.25) is 4.79 Å². The molecule has 0 saturated heterocycles. The van der Waals surface area contributed by atoms with Crippen molar-refractivity contribution in [3.8, 4) is 11.5 Å². The number of amides is 1. The van der Waals surface area contributed by atoms with Crippen molar-refractivity contribution in [3.63, 3.8) is 0 Å². The molecular weight excluding hydrogens is 328 g/mol. The Bertz CT molecular complexity index is 743. The highest BCUT2D eigenvalue weighted by molar-refractivity contribution is 7.09. The van der Waals surface area contributed by atoms with Crippen LogP contribution >= 0.6 is 11.3 Å². The molecule has 1 aliphatic heterocycles. The summed E-state index contributed by atoms with van der Waals surface area (Å²) in [5.41, 5.74) is 1.56. The first-order valence-corrected chi connectivity index (χ1v) is 8.34. The minimum Gasteiger partial charge on any atom is -0.493 e. The van der Waals surface area contributed by atoms with Gasteiger partial charge in [0.05, 0.1) is 26.5 Å². The number of nitrogens with one attached hydrogen (secondary N) is 1. The minimum atomic E-state index is -0.604. The number of hydrogen-bond acceptors (Lipinski definition) is 6. The molecule has 0 unspecified atom stereocenters. The number of benzene rings is 1. The van der Waals surface area contributed by atoms with Crippen LogP contribution in [0.3, 0.4) is 0 Å². The maximum Gasteiger partial charge on any atom is 0.264 e. The van der Waals surface area contributed by atoms with Crippen molar-refractivity contribution in [1.82, 2.24) is 5.32 Å². The van der Waals surface area contributed by atoms with E-state index < -0.39 is 6.10 Å². The van der Waals surface area contributed by atoms with Gasteiger partial charge in [0.1, 0.15) is 0 Å². The zero-order valence-electron chi connectivity index (χ0n) is 13.4. The van der Waals surface area contributed by atoms with Gasteiger partial charge in [0.2, 0.25) is 6.10 Å². The van der Waals surface area contributed by atoms with Crippen molar-refractivity contribution in [2.45, 2.75) is 19.1 Å². The average Bonchev–Trinajstić information content (AvgIpc) is 3.30. The predicted molar refractivity (Wildman–Crippen MR) is 91.7 cm³/mol. The van der Waals surface area contributed by atoms with Crippen LogP contribution in [0, 0.1) is 0 Å². The fourth-order valence-electron chi connectivity index (χ4n) is 2.41. The van der Waals surface area contributed by atoms with Crippen LogP contribution in [0.15, 0.2) is 40.9 Å². The molecule has 3 rings (SSSR count). The lowest BCUT2D eigenvalue weighted by molar-refractivity contribution is -0.131. The number of ether oxygens (including phenoxy) is 2. The molecule has 1 amide bonds. The summed E-state index contributed by atoms with van der Waals surface area (Å²) in [6.07, 6.45) is -0.181. The van der Waals surface area contributed by atoms with Crippen LogP contribution in [-0.2, 0) is 16.2 Å². The Balaban J connectivity index is 1.61. The van der Waals surface area contributed by atoms with E-state index in [9.17, 15) is 4.79 Å². The van der Waals surface area contributed by atoms with Crippen LogP contribution < -0.4 is 14.8 Å². The molecule has 0 aliphatic carbocycles. The number of thiophene rings is 1. The van der Waals surface area contributed by atoms with Gasteiger partial charge in [0.25, 0.3) is 5.91 Å². The summed E-state index contributed by atoms with van der Waals surface area (Å²) in [6, 6.07) is 9.44. The molecule has 0 bridgehead atoms. The number of hydrogen-bond donors (Lipinski definition) is 1. The van der Waals surface area contributed by atoms with E-state index in [0.717, 1.165) is 10.4 Å². The number of carbonyl (C=O) groups is 1. The van der Waals surface area contributed by atoms with E-state index in [1.807, 2.05) is 29.6 Å². The Kier molecular flexibility index (Phi) is 5.00. The predicted octanol–water partition coefficient (Wildman–Crippen LogP) is 2.57. The molecule has 2 heterocycles. The molecule has 0 spiro atoms. The van der Waals surface area contributed by atoms with E-state index in [-0.39, 0.29) is 5.91 Å². The summed E-state index contributed by atoms with van der Waals surface area (Å²) in [7, 11) is 3.16. The molecular formula is C17H18N2O4S. The Labute approximate surface area is 144 Å². The van der Waals surface area contributed by atoms with Gasteiger partial charge < -0.3 is 19.6 Å². The molecule has 1 N–H and O–H groups in total. The second kappa shape index (κ2) is 7.35. The largest absolute Gasteiger partial charge is 0.493 e. The first kappa shape index (κ1) is 16.3. The third-order valence-electron chi connectivity index (χ3n) is 3.70. The molecule has 7 heteroatoms. The molecule has 126 valence electrons. The van der Waals surface area contributed by atoms with Gasteiger partial charge >= 0.3 is 0 Å². The van der Waals surface area contributed by atoms with Crippen LogP contribution in [0.2, 0.25) is 0 Å². The Hall–Kier alpha value is -2.54. The van der Waals surface area contributed by atoms with Crippen LogP contribution in [0.4, 0.5) is 0 Å². The fraction of sp³-hybridized carbons (Fsp3) is 0.294. The topological polar surface area (TPSA) is 69.2 Å². The van der Waals surface area contributed by atoms with Gasteiger partial charge in [0, 0.05) is 16.9 Å². The molecule has 0 radical (unpaired) electrons. The highest BCUT2D eigenvalue weighted by Gasteiger charge is 2.29. The number of oxime groups is 1. The van der Waals surface area contributed by atoms with Gasteiger partial charge in [-0.2, -0.15) is 0 Å². The van der Waals surface area contributed by atoms with Crippen LogP contribution in [0.25, 0.3) is 0 Å². The minimum absolute atomic E-state index is 0.164. The molecule has 0 saturated carbocycles. The second-order valence-electron chi connectivity index (χ2n) is 5.20. The molecule has 6 nitrogen and oxygen atoms in total. The fourth-order valence-corrected chi connectivity index (χ4v) is 3.05.